The summed E-state index contributed by atoms with van der Waals surface area (Å²) in [6.07, 6.45) is 2.83. The third-order valence-corrected chi connectivity index (χ3v) is 2.35. The summed E-state index contributed by atoms with van der Waals surface area (Å²) in [7, 11) is 0. The van der Waals surface area contributed by atoms with Gasteiger partial charge in [0.2, 0.25) is 0 Å². The number of nitrogens with zero attached hydrogens (tertiary/aromatic N) is 2. The van der Waals surface area contributed by atoms with Crippen molar-refractivity contribution in [3.05, 3.63) is 46.9 Å². The fourth-order valence-electron chi connectivity index (χ4n) is 1.69. The number of benzene rings is 1. The first-order chi connectivity index (χ1) is 7.27. The van der Waals surface area contributed by atoms with E-state index in [0.29, 0.717) is 16.6 Å². The number of rotatable bonds is 0. The molecule has 5 heteroatoms. The summed E-state index contributed by atoms with van der Waals surface area (Å²) < 4.78 is 15.0. The maximum atomic E-state index is 13.6. The Bertz CT molecular complexity index is 713. The highest BCUT2D eigenvalue weighted by molar-refractivity contribution is 5.78. The second-order valence-corrected chi connectivity index (χ2v) is 3.24. The number of aromatic amines is 1. The van der Waals surface area contributed by atoms with Crippen molar-refractivity contribution >= 4 is 16.6 Å². The molecule has 2 aromatic heterocycles. The average Bonchev–Trinajstić information content (AvgIpc) is 2.66. The summed E-state index contributed by atoms with van der Waals surface area (Å²) in [5, 5.41) is 0. The lowest BCUT2D eigenvalue weighted by Gasteiger charge is -2.02. The number of fused-ring (bicyclic) bond motifs is 3. The second-order valence-electron chi connectivity index (χ2n) is 3.24. The fraction of sp³-hybridized carbons (Fsp3) is 0. The molecule has 0 amide bonds. The molecule has 3 rings (SSSR count). The van der Waals surface area contributed by atoms with Gasteiger partial charge in [-0.1, -0.05) is 6.07 Å². The highest BCUT2D eigenvalue weighted by Crippen LogP contribution is 2.14. The molecule has 0 spiro atoms. The van der Waals surface area contributed by atoms with E-state index in [4.69, 9.17) is 0 Å². The minimum Gasteiger partial charge on any atom is -0.319 e. The van der Waals surface area contributed by atoms with Crippen molar-refractivity contribution in [3.63, 3.8) is 0 Å². The van der Waals surface area contributed by atoms with Gasteiger partial charge in [-0.05, 0) is 12.1 Å². The van der Waals surface area contributed by atoms with Gasteiger partial charge in [-0.3, -0.25) is 9.20 Å². The molecule has 74 valence electrons. The van der Waals surface area contributed by atoms with E-state index >= 15 is 0 Å². The third-order valence-electron chi connectivity index (χ3n) is 2.35. The molecule has 3 aromatic rings. The van der Waals surface area contributed by atoms with Gasteiger partial charge in [-0.15, -0.1) is 0 Å². The summed E-state index contributed by atoms with van der Waals surface area (Å²) >= 11 is 0. The van der Waals surface area contributed by atoms with Crippen LogP contribution in [0.4, 0.5) is 4.39 Å². The van der Waals surface area contributed by atoms with Crippen LogP contribution in [0.1, 0.15) is 0 Å². The van der Waals surface area contributed by atoms with Gasteiger partial charge in [-0.2, -0.15) is 0 Å². The molecule has 0 radical (unpaired) electrons. The van der Waals surface area contributed by atoms with Gasteiger partial charge in [0.15, 0.2) is 0 Å². The van der Waals surface area contributed by atoms with E-state index in [1.807, 2.05) is 0 Å². The Balaban J connectivity index is 2.74. The van der Waals surface area contributed by atoms with E-state index in [2.05, 4.69) is 9.97 Å². The van der Waals surface area contributed by atoms with Crippen LogP contribution in [0.25, 0.3) is 16.6 Å². The van der Waals surface area contributed by atoms with Crippen LogP contribution < -0.4 is 5.56 Å². The van der Waals surface area contributed by atoms with Gasteiger partial charge in [0.25, 0.3) is 5.56 Å². The van der Waals surface area contributed by atoms with Crippen molar-refractivity contribution in [3.8, 4) is 0 Å². The molecule has 0 bridgehead atoms. The molecule has 1 N–H and O–H groups in total. The van der Waals surface area contributed by atoms with E-state index in [-0.39, 0.29) is 11.4 Å². The van der Waals surface area contributed by atoms with Crippen LogP contribution in [0.15, 0.2) is 35.5 Å². The maximum absolute atomic E-state index is 13.6. The van der Waals surface area contributed by atoms with Crippen LogP contribution in [0.5, 0.6) is 0 Å². The molecule has 0 atom stereocenters. The van der Waals surface area contributed by atoms with Crippen molar-refractivity contribution in [1.82, 2.24) is 14.4 Å². The quantitative estimate of drug-likeness (QED) is 0.599. The minimum absolute atomic E-state index is 0.273. The summed E-state index contributed by atoms with van der Waals surface area (Å²) in [5.41, 5.74) is 0.869. The number of H-pyrrole nitrogens is 1. The summed E-state index contributed by atoms with van der Waals surface area (Å²) in [5.74, 6) is -0.383. The predicted molar refractivity (Wildman–Crippen MR) is 53.3 cm³/mol. The molecule has 0 aliphatic rings. The molecule has 0 saturated heterocycles. The van der Waals surface area contributed by atoms with E-state index in [9.17, 15) is 9.18 Å². The number of nitrogens with one attached hydrogen (secondary N) is 1. The molecule has 0 unspecified atom stereocenters. The smallest absolute Gasteiger partial charge is 0.274 e. The Hall–Kier alpha value is -2.17. The lowest BCUT2D eigenvalue weighted by molar-refractivity contribution is 0.635. The molecule has 2 heterocycles. The average molecular weight is 203 g/mol. The second kappa shape index (κ2) is 2.66. The van der Waals surface area contributed by atoms with Crippen LogP contribution in [-0.4, -0.2) is 14.4 Å². The predicted octanol–water partition coefficient (Wildman–Crippen LogP) is 1.31. The standard InChI is InChI=1S/C10H6FN3O/c11-6-2-1-3-7-9(6)14-5-12-4-8(14)10(15)13-7/h1-5H,(H,13,15). The van der Waals surface area contributed by atoms with Crippen molar-refractivity contribution in [2.45, 2.75) is 0 Å². The summed E-state index contributed by atoms with van der Waals surface area (Å²) in [6.45, 7) is 0. The highest BCUT2D eigenvalue weighted by atomic mass is 19.1. The van der Waals surface area contributed by atoms with Gasteiger partial charge < -0.3 is 4.98 Å². The first kappa shape index (κ1) is 8.16. The van der Waals surface area contributed by atoms with Gasteiger partial charge in [0.05, 0.1) is 18.0 Å². The summed E-state index contributed by atoms with van der Waals surface area (Å²) in [6, 6.07) is 4.55. The maximum Gasteiger partial charge on any atom is 0.274 e. The Morgan fingerprint density at radius 2 is 2.27 bits per heavy atom. The van der Waals surface area contributed by atoms with Crippen molar-refractivity contribution < 1.29 is 4.39 Å². The first-order valence-electron chi connectivity index (χ1n) is 4.40. The van der Waals surface area contributed by atoms with Crippen molar-refractivity contribution in [1.29, 1.82) is 0 Å². The molecule has 0 fully saturated rings. The monoisotopic (exact) mass is 203 g/mol. The summed E-state index contributed by atoms with van der Waals surface area (Å²) in [4.78, 5) is 18.0. The molecular weight excluding hydrogens is 197 g/mol. The first-order valence-corrected chi connectivity index (χ1v) is 4.40. The number of imidazole rings is 1. The van der Waals surface area contributed by atoms with Gasteiger partial charge >= 0.3 is 0 Å². The van der Waals surface area contributed by atoms with Gasteiger partial charge in [-0.25, -0.2) is 9.37 Å². The number of aromatic nitrogens is 3. The van der Waals surface area contributed by atoms with Crippen molar-refractivity contribution in [2.24, 2.45) is 0 Å². The SMILES string of the molecule is O=c1[nH]c2cccc(F)c2n2cncc12. The van der Waals surface area contributed by atoms with E-state index in [0.717, 1.165) is 0 Å². The normalized spacial score (nSPS) is 11.3. The number of hydrogen-bond donors (Lipinski definition) is 1. The van der Waals surface area contributed by atoms with Gasteiger partial charge in [0.1, 0.15) is 16.9 Å². The van der Waals surface area contributed by atoms with E-state index < -0.39 is 0 Å². The molecule has 0 aliphatic heterocycles. The number of halogens is 1. The fourth-order valence-corrected chi connectivity index (χ4v) is 1.69. The largest absolute Gasteiger partial charge is 0.319 e. The molecule has 4 nitrogen and oxygen atoms in total. The molecule has 0 aliphatic carbocycles. The highest BCUT2D eigenvalue weighted by Gasteiger charge is 2.07. The third kappa shape index (κ3) is 0.999. The van der Waals surface area contributed by atoms with Crippen LogP contribution in [-0.2, 0) is 0 Å². The molecule has 0 saturated carbocycles. The van der Waals surface area contributed by atoms with Crippen molar-refractivity contribution in [2.75, 3.05) is 0 Å². The zero-order valence-corrected chi connectivity index (χ0v) is 7.57. The van der Waals surface area contributed by atoms with E-state index in [1.54, 1.807) is 12.1 Å². The lowest BCUT2D eigenvalue weighted by atomic mass is 10.3. The van der Waals surface area contributed by atoms with Crippen LogP contribution >= 0.6 is 0 Å². The van der Waals surface area contributed by atoms with Crippen LogP contribution in [0.2, 0.25) is 0 Å². The zero-order chi connectivity index (χ0) is 10.4. The Morgan fingerprint density at radius 3 is 3.13 bits per heavy atom. The Labute approximate surface area is 83.0 Å². The minimum atomic E-state index is -0.383. The number of para-hydroxylation sites is 1. The Morgan fingerprint density at radius 1 is 1.40 bits per heavy atom. The molecule has 15 heavy (non-hydrogen) atoms. The van der Waals surface area contributed by atoms with Crippen LogP contribution in [0, 0.1) is 5.82 Å². The van der Waals surface area contributed by atoms with Crippen LogP contribution in [0.3, 0.4) is 0 Å². The Kier molecular flexibility index (Phi) is 1.45. The lowest BCUT2D eigenvalue weighted by Crippen LogP contribution is -2.10. The molecular formula is C10H6FN3O. The van der Waals surface area contributed by atoms with Gasteiger partial charge in [0, 0.05) is 0 Å². The topological polar surface area (TPSA) is 50.2 Å². The van der Waals surface area contributed by atoms with E-state index in [1.165, 1.54) is 23.0 Å². The molecule has 1 aromatic carbocycles. The zero-order valence-electron chi connectivity index (χ0n) is 7.57. The number of hydrogen-bond acceptors (Lipinski definition) is 2.